The third kappa shape index (κ3) is 4.39. The molecule has 122 valence electrons. The minimum Gasteiger partial charge on any atom is -0.372 e. The fourth-order valence-electron chi connectivity index (χ4n) is 2.73. The van der Waals surface area contributed by atoms with Crippen LogP contribution < -0.4 is 0 Å². The number of aromatic nitrogens is 2. The van der Waals surface area contributed by atoms with Gasteiger partial charge in [-0.2, -0.15) is 0 Å². The summed E-state index contributed by atoms with van der Waals surface area (Å²) in [6.45, 7) is 1.93. The quantitative estimate of drug-likeness (QED) is 0.920. The Bertz CT molecular complexity index is 620. The number of halogens is 1. The predicted molar refractivity (Wildman–Crippen MR) is 83.1 cm³/mol. The van der Waals surface area contributed by atoms with Crippen LogP contribution in [0.1, 0.15) is 24.1 Å². The van der Waals surface area contributed by atoms with Gasteiger partial charge in [0.1, 0.15) is 5.82 Å². The van der Waals surface area contributed by atoms with Crippen LogP contribution in [0.3, 0.4) is 0 Å². The lowest BCUT2D eigenvalue weighted by atomic mass is 10.1. The van der Waals surface area contributed by atoms with Gasteiger partial charge in [0.2, 0.25) is 5.91 Å². The Balaban J connectivity index is 1.42. The average molecular weight is 317 g/mol. The zero-order valence-electron chi connectivity index (χ0n) is 12.9. The van der Waals surface area contributed by atoms with Gasteiger partial charge in [-0.25, -0.2) is 9.37 Å². The SMILES string of the molecule is O=C(Cc1ccc(F)cc1)N1CCC(OCc2cnc[nH]2)CC1. The van der Waals surface area contributed by atoms with E-state index in [-0.39, 0.29) is 17.8 Å². The van der Waals surface area contributed by atoms with Crippen molar-refractivity contribution in [3.8, 4) is 0 Å². The molecule has 0 aliphatic carbocycles. The maximum Gasteiger partial charge on any atom is 0.226 e. The van der Waals surface area contributed by atoms with Crippen molar-refractivity contribution in [2.45, 2.75) is 32.0 Å². The van der Waals surface area contributed by atoms with E-state index in [4.69, 9.17) is 4.74 Å². The van der Waals surface area contributed by atoms with E-state index < -0.39 is 0 Å². The second kappa shape index (κ2) is 7.37. The summed E-state index contributed by atoms with van der Waals surface area (Å²) in [5, 5.41) is 0. The summed E-state index contributed by atoms with van der Waals surface area (Å²) in [6.07, 6.45) is 5.55. The van der Waals surface area contributed by atoms with Crippen molar-refractivity contribution in [1.82, 2.24) is 14.9 Å². The molecule has 2 heterocycles. The Hall–Kier alpha value is -2.21. The minimum atomic E-state index is -0.281. The van der Waals surface area contributed by atoms with Crippen LogP contribution in [-0.4, -0.2) is 40.0 Å². The highest BCUT2D eigenvalue weighted by Crippen LogP contribution is 2.16. The van der Waals surface area contributed by atoms with E-state index in [2.05, 4.69) is 9.97 Å². The van der Waals surface area contributed by atoms with Gasteiger partial charge in [0.05, 0.1) is 37.3 Å². The first-order valence-corrected chi connectivity index (χ1v) is 7.82. The molecular weight excluding hydrogens is 297 g/mol. The van der Waals surface area contributed by atoms with E-state index >= 15 is 0 Å². The fourth-order valence-corrected chi connectivity index (χ4v) is 2.73. The van der Waals surface area contributed by atoms with E-state index in [0.29, 0.717) is 26.1 Å². The van der Waals surface area contributed by atoms with Crippen LogP contribution in [-0.2, 0) is 22.6 Å². The highest BCUT2D eigenvalue weighted by atomic mass is 19.1. The molecule has 1 aromatic heterocycles. The largest absolute Gasteiger partial charge is 0.372 e. The molecule has 23 heavy (non-hydrogen) atoms. The molecule has 0 spiro atoms. The highest BCUT2D eigenvalue weighted by Gasteiger charge is 2.23. The zero-order valence-corrected chi connectivity index (χ0v) is 12.9. The standard InChI is InChI=1S/C17H20FN3O2/c18-14-3-1-13(2-4-14)9-17(22)21-7-5-16(6-8-21)23-11-15-10-19-12-20-15/h1-4,10,12,16H,5-9,11H2,(H,19,20). The Morgan fingerprint density at radius 2 is 2.04 bits per heavy atom. The number of piperidine rings is 1. The number of rotatable bonds is 5. The second-order valence-corrected chi connectivity index (χ2v) is 5.77. The maximum atomic E-state index is 12.9. The van der Waals surface area contributed by atoms with Crippen molar-refractivity contribution >= 4 is 5.91 Å². The lowest BCUT2D eigenvalue weighted by Crippen LogP contribution is -2.41. The van der Waals surface area contributed by atoms with Crippen LogP contribution >= 0.6 is 0 Å². The van der Waals surface area contributed by atoms with Crippen LogP contribution in [0, 0.1) is 5.82 Å². The smallest absolute Gasteiger partial charge is 0.226 e. The van der Waals surface area contributed by atoms with Gasteiger partial charge in [0.25, 0.3) is 0 Å². The number of likely N-dealkylation sites (tertiary alicyclic amines) is 1. The Labute approximate surface area is 134 Å². The van der Waals surface area contributed by atoms with Gasteiger partial charge < -0.3 is 14.6 Å². The number of H-pyrrole nitrogens is 1. The second-order valence-electron chi connectivity index (χ2n) is 5.77. The first-order chi connectivity index (χ1) is 11.2. The number of carbonyl (C=O) groups is 1. The average Bonchev–Trinajstić information content (AvgIpc) is 3.09. The van der Waals surface area contributed by atoms with Crippen molar-refractivity contribution in [1.29, 1.82) is 0 Å². The summed E-state index contributed by atoms with van der Waals surface area (Å²) in [5.74, 6) is -0.194. The molecule has 1 aliphatic heterocycles. The van der Waals surface area contributed by atoms with Crippen LogP contribution in [0.4, 0.5) is 4.39 Å². The molecule has 0 saturated carbocycles. The number of hydrogen-bond acceptors (Lipinski definition) is 3. The van der Waals surface area contributed by atoms with Crippen molar-refractivity contribution in [2.75, 3.05) is 13.1 Å². The van der Waals surface area contributed by atoms with Crippen LogP contribution in [0.5, 0.6) is 0 Å². The fraction of sp³-hybridized carbons (Fsp3) is 0.412. The number of ether oxygens (including phenoxy) is 1. The highest BCUT2D eigenvalue weighted by molar-refractivity contribution is 5.78. The molecule has 0 bridgehead atoms. The van der Waals surface area contributed by atoms with Crippen LogP contribution in [0.2, 0.25) is 0 Å². The first kappa shape index (κ1) is 15.7. The molecule has 0 unspecified atom stereocenters. The van der Waals surface area contributed by atoms with Gasteiger partial charge in [-0.1, -0.05) is 12.1 Å². The van der Waals surface area contributed by atoms with Gasteiger partial charge in [0.15, 0.2) is 0 Å². The molecule has 0 radical (unpaired) electrons. The molecule has 1 fully saturated rings. The van der Waals surface area contributed by atoms with E-state index in [0.717, 1.165) is 24.1 Å². The number of carbonyl (C=O) groups excluding carboxylic acids is 1. The molecule has 1 N–H and O–H groups in total. The molecule has 1 amide bonds. The van der Waals surface area contributed by atoms with Crippen molar-refractivity contribution in [3.05, 3.63) is 53.9 Å². The molecule has 3 rings (SSSR count). The van der Waals surface area contributed by atoms with E-state index in [1.54, 1.807) is 24.7 Å². The summed E-state index contributed by atoms with van der Waals surface area (Å²) >= 11 is 0. The Kier molecular flexibility index (Phi) is 5.02. The Morgan fingerprint density at radius 1 is 1.30 bits per heavy atom. The molecule has 5 nitrogen and oxygen atoms in total. The zero-order chi connectivity index (χ0) is 16.1. The van der Waals surface area contributed by atoms with Gasteiger partial charge in [-0.3, -0.25) is 4.79 Å². The lowest BCUT2D eigenvalue weighted by Gasteiger charge is -2.32. The number of imidazole rings is 1. The maximum absolute atomic E-state index is 12.9. The number of aromatic amines is 1. The molecular formula is C17H20FN3O2. The monoisotopic (exact) mass is 317 g/mol. The van der Waals surface area contributed by atoms with Crippen molar-refractivity contribution in [3.63, 3.8) is 0 Å². The predicted octanol–water partition coefficient (Wildman–Crippen LogP) is 2.30. The molecule has 1 aliphatic rings. The van der Waals surface area contributed by atoms with Crippen molar-refractivity contribution < 1.29 is 13.9 Å². The van der Waals surface area contributed by atoms with Crippen molar-refractivity contribution in [2.24, 2.45) is 0 Å². The van der Waals surface area contributed by atoms with E-state index in [1.807, 2.05) is 4.90 Å². The molecule has 2 aromatic rings. The van der Waals surface area contributed by atoms with Gasteiger partial charge in [-0.05, 0) is 30.5 Å². The third-order valence-corrected chi connectivity index (χ3v) is 4.09. The minimum absolute atomic E-state index is 0.0867. The van der Waals surface area contributed by atoms with Gasteiger partial charge in [0, 0.05) is 13.1 Å². The number of hydrogen-bond donors (Lipinski definition) is 1. The lowest BCUT2D eigenvalue weighted by molar-refractivity contribution is -0.133. The van der Waals surface area contributed by atoms with Gasteiger partial charge >= 0.3 is 0 Å². The normalized spacial score (nSPS) is 15.8. The molecule has 1 aromatic carbocycles. The van der Waals surface area contributed by atoms with Gasteiger partial charge in [-0.15, -0.1) is 0 Å². The van der Waals surface area contributed by atoms with Crippen LogP contribution in [0.25, 0.3) is 0 Å². The molecule has 6 heteroatoms. The van der Waals surface area contributed by atoms with Crippen LogP contribution in [0.15, 0.2) is 36.8 Å². The number of amides is 1. The number of benzene rings is 1. The number of nitrogens with zero attached hydrogens (tertiary/aromatic N) is 2. The third-order valence-electron chi connectivity index (χ3n) is 4.09. The summed E-state index contributed by atoms with van der Waals surface area (Å²) in [4.78, 5) is 21.1. The number of nitrogens with one attached hydrogen (secondary N) is 1. The molecule has 0 atom stereocenters. The Morgan fingerprint density at radius 3 is 2.70 bits per heavy atom. The summed E-state index contributed by atoms with van der Waals surface area (Å²) < 4.78 is 18.7. The molecule has 1 saturated heterocycles. The summed E-state index contributed by atoms with van der Waals surface area (Å²) in [5.41, 5.74) is 1.80. The summed E-state index contributed by atoms with van der Waals surface area (Å²) in [6, 6.07) is 6.09. The van der Waals surface area contributed by atoms with E-state index in [1.165, 1.54) is 12.1 Å². The van der Waals surface area contributed by atoms with E-state index in [9.17, 15) is 9.18 Å². The topological polar surface area (TPSA) is 58.2 Å². The first-order valence-electron chi connectivity index (χ1n) is 7.82. The summed E-state index contributed by atoms with van der Waals surface area (Å²) in [7, 11) is 0.